The van der Waals surface area contributed by atoms with Gasteiger partial charge in [-0.15, -0.1) is 0 Å². The van der Waals surface area contributed by atoms with Crippen LogP contribution >= 0.6 is 0 Å². The number of rotatable bonds is 7. The van der Waals surface area contributed by atoms with Crippen molar-refractivity contribution >= 4 is 11.4 Å². The molecule has 144 valence electrons. The number of hydrogen-bond donors (Lipinski definition) is 0. The second-order valence-electron chi connectivity index (χ2n) is 6.76. The van der Waals surface area contributed by atoms with E-state index in [1.54, 1.807) is 21.3 Å². The Morgan fingerprint density at radius 3 is 2.19 bits per heavy atom. The van der Waals surface area contributed by atoms with Crippen LogP contribution < -0.4 is 19.1 Å². The van der Waals surface area contributed by atoms with Crippen LogP contribution in [0.25, 0.3) is 0 Å². The Balaban J connectivity index is 1.56. The molecule has 1 saturated heterocycles. The van der Waals surface area contributed by atoms with E-state index in [1.165, 1.54) is 0 Å². The van der Waals surface area contributed by atoms with Gasteiger partial charge in [0.25, 0.3) is 0 Å². The predicted molar refractivity (Wildman–Crippen MR) is 102 cm³/mol. The monoisotopic (exact) mass is 363 g/mol. The van der Waals surface area contributed by atoms with E-state index in [-0.39, 0.29) is 6.10 Å². The second kappa shape index (κ2) is 8.49. The summed E-state index contributed by atoms with van der Waals surface area (Å²) in [4.78, 5) is 10.3. The van der Waals surface area contributed by atoms with Crippen molar-refractivity contribution in [2.75, 3.05) is 59.0 Å². The smallest absolute Gasteiger partial charge is 0.203 e. The highest BCUT2D eigenvalue weighted by Crippen LogP contribution is 2.41. The minimum Gasteiger partial charge on any atom is -0.493 e. The van der Waals surface area contributed by atoms with Gasteiger partial charge < -0.3 is 23.9 Å². The summed E-state index contributed by atoms with van der Waals surface area (Å²) in [7, 11) is 4.92. The summed E-state index contributed by atoms with van der Waals surface area (Å²) in [5, 5.41) is 4.04. The quantitative estimate of drug-likeness (QED) is 0.741. The van der Waals surface area contributed by atoms with E-state index >= 15 is 0 Å². The molecule has 0 amide bonds. The molecule has 0 aliphatic carbocycles. The molecule has 3 rings (SSSR count). The van der Waals surface area contributed by atoms with Gasteiger partial charge in [-0.25, -0.2) is 0 Å². The average molecular weight is 363 g/mol. The standard InChI is InChI=1S/C19H29N3O4/c1-14-11-16(26-20-14)5-6-21-7-9-22(10-8-21)15-12-17(23-2)19(25-4)18(13-15)24-3/h12-13,16H,5-11H2,1-4H3. The maximum Gasteiger partial charge on any atom is 0.203 e. The Hall–Kier alpha value is -2.15. The Labute approximate surface area is 155 Å². The van der Waals surface area contributed by atoms with E-state index in [4.69, 9.17) is 19.0 Å². The molecule has 26 heavy (non-hydrogen) atoms. The summed E-state index contributed by atoms with van der Waals surface area (Å²) in [6.45, 7) is 7.08. The first-order valence-corrected chi connectivity index (χ1v) is 9.11. The van der Waals surface area contributed by atoms with Gasteiger partial charge in [-0.3, -0.25) is 4.90 Å². The zero-order valence-corrected chi connectivity index (χ0v) is 16.2. The van der Waals surface area contributed by atoms with Crippen molar-refractivity contribution in [2.24, 2.45) is 5.16 Å². The van der Waals surface area contributed by atoms with Gasteiger partial charge in [0, 0.05) is 63.4 Å². The first-order chi connectivity index (χ1) is 12.6. The van der Waals surface area contributed by atoms with E-state index in [2.05, 4.69) is 15.0 Å². The molecule has 0 radical (unpaired) electrons. The normalized spacial score (nSPS) is 20.5. The van der Waals surface area contributed by atoms with Crippen LogP contribution in [0.4, 0.5) is 5.69 Å². The number of hydrogen-bond acceptors (Lipinski definition) is 7. The maximum absolute atomic E-state index is 5.47. The zero-order valence-electron chi connectivity index (χ0n) is 16.2. The van der Waals surface area contributed by atoms with Crippen LogP contribution in [-0.4, -0.2) is 70.8 Å². The molecular formula is C19H29N3O4. The molecule has 0 saturated carbocycles. The lowest BCUT2D eigenvalue weighted by atomic mass is 10.1. The molecule has 0 bridgehead atoms. The lowest BCUT2D eigenvalue weighted by Crippen LogP contribution is -2.47. The van der Waals surface area contributed by atoms with Crippen LogP contribution in [0, 0.1) is 0 Å². The zero-order chi connectivity index (χ0) is 18.5. The van der Waals surface area contributed by atoms with E-state index < -0.39 is 0 Å². The van der Waals surface area contributed by atoms with E-state index in [0.717, 1.165) is 57.0 Å². The molecule has 1 fully saturated rings. The minimum atomic E-state index is 0.253. The molecule has 7 nitrogen and oxygen atoms in total. The van der Waals surface area contributed by atoms with Gasteiger partial charge in [-0.05, 0) is 6.92 Å². The third-order valence-corrected chi connectivity index (χ3v) is 5.03. The van der Waals surface area contributed by atoms with Crippen molar-refractivity contribution in [1.82, 2.24) is 4.90 Å². The minimum absolute atomic E-state index is 0.253. The van der Waals surface area contributed by atoms with Crippen LogP contribution in [0.2, 0.25) is 0 Å². The highest BCUT2D eigenvalue weighted by atomic mass is 16.6. The first-order valence-electron chi connectivity index (χ1n) is 9.11. The number of methoxy groups -OCH3 is 3. The van der Waals surface area contributed by atoms with Crippen LogP contribution in [0.5, 0.6) is 17.2 Å². The Bertz CT molecular complexity index is 617. The van der Waals surface area contributed by atoms with Gasteiger partial charge in [-0.2, -0.15) is 0 Å². The SMILES string of the molecule is COc1cc(N2CCN(CCC3CC(C)=NO3)CC2)cc(OC)c1OC. The van der Waals surface area contributed by atoms with Gasteiger partial charge in [0.15, 0.2) is 11.5 Å². The Morgan fingerprint density at radius 1 is 1.04 bits per heavy atom. The number of nitrogens with zero attached hydrogens (tertiary/aromatic N) is 3. The van der Waals surface area contributed by atoms with Crippen molar-refractivity contribution in [3.63, 3.8) is 0 Å². The van der Waals surface area contributed by atoms with Crippen molar-refractivity contribution < 1.29 is 19.0 Å². The van der Waals surface area contributed by atoms with E-state index in [1.807, 2.05) is 19.1 Å². The molecule has 1 aromatic carbocycles. The fourth-order valence-corrected chi connectivity index (χ4v) is 3.53. The van der Waals surface area contributed by atoms with Gasteiger partial charge >= 0.3 is 0 Å². The summed E-state index contributed by atoms with van der Waals surface area (Å²) >= 11 is 0. The first kappa shape index (κ1) is 18.6. The van der Waals surface area contributed by atoms with Gasteiger partial charge in [0.2, 0.25) is 5.75 Å². The summed E-state index contributed by atoms with van der Waals surface area (Å²) in [6, 6.07) is 4.03. The van der Waals surface area contributed by atoms with Crippen LogP contribution in [0.1, 0.15) is 19.8 Å². The van der Waals surface area contributed by atoms with Crippen molar-refractivity contribution in [2.45, 2.75) is 25.9 Å². The molecule has 1 atom stereocenters. The third-order valence-electron chi connectivity index (χ3n) is 5.03. The second-order valence-corrected chi connectivity index (χ2v) is 6.76. The molecule has 7 heteroatoms. The molecule has 2 aliphatic heterocycles. The molecule has 2 aliphatic rings. The fraction of sp³-hybridized carbons (Fsp3) is 0.632. The molecular weight excluding hydrogens is 334 g/mol. The fourth-order valence-electron chi connectivity index (χ4n) is 3.53. The number of ether oxygens (including phenoxy) is 3. The summed E-state index contributed by atoms with van der Waals surface area (Å²) in [5.41, 5.74) is 2.20. The van der Waals surface area contributed by atoms with E-state index in [9.17, 15) is 0 Å². The summed E-state index contributed by atoms with van der Waals surface area (Å²) < 4.78 is 16.3. The van der Waals surface area contributed by atoms with Gasteiger partial charge in [0.1, 0.15) is 6.10 Å². The van der Waals surface area contributed by atoms with Crippen molar-refractivity contribution in [3.05, 3.63) is 12.1 Å². The molecule has 0 aromatic heterocycles. The Morgan fingerprint density at radius 2 is 1.69 bits per heavy atom. The maximum atomic E-state index is 5.47. The molecule has 0 spiro atoms. The molecule has 0 N–H and O–H groups in total. The van der Waals surface area contributed by atoms with E-state index in [0.29, 0.717) is 17.2 Å². The number of piperazine rings is 1. The molecule has 1 aromatic rings. The molecule has 1 unspecified atom stereocenters. The number of oxime groups is 1. The van der Waals surface area contributed by atoms with Gasteiger partial charge in [-0.1, -0.05) is 5.16 Å². The Kier molecular flexibility index (Phi) is 6.08. The van der Waals surface area contributed by atoms with Crippen molar-refractivity contribution in [1.29, 1.82) is 0 Å². The highest BCUT2D eigenvalue weighted by molar-refractivity contribution is 5.82. The number of benzene rings is 1. The summed E-state index contributed by atoms with van der Waals surface area (Å²) in [6.07, 6.45) is 2.25. The van der Waals surface area contributed by atoms with Crippen LogP contribution in [-0.2, 0) is 4.84 Å². The highest BCUT2D eigenvalue weighted by Gasteiger charge is 2.23. The van der Waals surface area contributed by atoms with Crippen molar-refractivity contribution in [3.8, 4) is 17.2 Å². The average Bonchev–Trinajstić information content (AvgIpc) is 3.10. The largest absolute Gasteiger partial charge is 0.493 e. The third kappa shape index (κ3) is 4.15. The number of anilines is 1. The summed E-state index contributed by atoms with van der Waals surface area (Å²) in [5.74, 6) is 2.02. The predicted octanol–water partition coefficient (Wildman–Crippen LogP) is 2.39. The van der Waals surface area contributed by atoms with Gasteiger partial charge in [0.05, 0.1) is 27.0 Å². The topological polar surface area (TPSA) is 55.8 Å². The lowest BCUT2D eigenvalue weighted by Gasteiger charge is -2.36. The van der Waals surface area contributed by atoms with Crippen LogP contribution in [0.3, 0.4) is 0 Å². The molecule has 2 heterocycles. The lowest BCUT2D eigenvalue weighted by molar-refractivity contribution is 0.0685. The van der Waals surface area contributed by atoms with Crippen LogP contribution in [0.15, 0.2) is 17.3 Å².